The maximum Gasteiger partial charge on any atom is 0.231 e. The lowest BCUT2D eigenvalue weighted by Crippen LogP contribution is -1.97. The second kappa shape index (κ2) is 5.30. The quantitative estimate of drug-likeness (QED) is 0.442. The minimum Gasteiger partial charge on any atom is -0.327 e. The van der Waals surface area contributed by atoms with Crippen LogP contribution in [-0.4, -0.2) is 19.8 Å². The molecule has 0 radical (unpaired) electrons. The van der Waals surface area contributed by atoms with Gasteiger partial charge in [0.15, 0.2) is 0 Å². The van der Waals surface area contributed by atoms with Gasteiger partial charge in [0.2, 0.25) is 4.38 Å². The molecule has 8 heavy (non-hydrogen) atoms. The molecule has 0 amide bonds. The summed E-state index contributed by atoms with van der Waals surface area (Å²) in [5.41, 5.74) is 0. The second-order valence-corrected chi connectivity index (χ2v) is 2.21. The van der Waals surface area contributed by atoms with Crippen LogP contribution in [0.1, 0.15) is 6.92 Å². The molecule has 1 N–H and O–H groups in total. The molecule has 0 fully saturated rings. The fourth-order valence-electron chi connectivity index (χ4n) is 0.183. The van der Waals surface area contributed by atoms with Gasteiger partial charge in [0.05, 0.1) is 18.6 Å². The average Bonchev–Trinajstić information content (AvgIpc) is 1.83. The summed E-state index contributed by atoms with van der Waals surface area (Å²) in [5.74, 6) is 0. The highest BCUT2D eigenvalue weighted by atomic mass is 32.2. The summed E-state index contributed by atoms with van der Waals surface area (Å²) < 4.78 is 22.7. The SMILES string of the molecule is CCOC(SO)=S=O. The van der Waals surface area contributed by atoms with Crippen molar-refractivity contribution in [3.05, 3.63) is 0 Å². The van der Waals surface area contributed by atoms with Crippen LogP contribution in [0.3, 0.4) is 0 Å². The Hall–Kier alpha value is 0.160. The van der Waals surface area contributed by atoms with Gasteiger partial charge in [-0.25, -0.2) is 4.21 Å². The first-order chi connectivity index (χ1) is 3.85. The minimum atomic E-state index is 0.0486. The van der Waals surface area contributed by atoms with Crippen molar-refractivity contribution in [1.82, 2.24) is 0 Å². The summed E-state index contributed by atoms with van der Waals surface area (Å²) >= 11 is 0.491. The van der Waals surface area contributed by atoms with Gasteiger partial charge in [0.25, 0.3) is 0 Å². The lowest BCUT2D eigenvalue weighted by molar-refractivity contribution is 0.344. The molecule has 0 aromatic rings. The van der Waals surface area contributed by atoms with Crippen LogP contribution in [0.5, 0.6) is 0 Å². The number of ether oxygens (including phenoxy) is 1. The molecule has 48 valence electrons. The fraction of sp³-hybridized carbons (Fsp3) is 0.667. The number of hydrogen-bond donors (Lipinski definition) is 1. The summed E-state index contributed by atoms with van der Waals surface area (Å²) in [6, 6.07) is 0. The van der Waals surface area contributed by atoms with E-state index in [-0.39, 0.29) is 15.6 Å². The summed E-state index contributed by atoms with van der Waals surface area (Å²) in [6.07, 6.45) is 0. The van der Waals surface area contributed by atoms with Gasteiger partial charge >= 0.3 is 0 Å². The predicted molar refractivity (Wildman–Crippen MR) is 35.0 cm³/mol. The first kappa shape index (κ1) is 8.16. The van der Waals surface area contributed by atoms with Crippen molar-refractivity contribution in [3.8, 4) is 0 Å². The highest BCUT2D eigenvalue weighted by Gasteiger charge is 1.93. The Morgan fingerprint density at radius 3 is 2.62 bits per heavy atom. The van der Waals surface area contributed by atoms with Gasteiger partial charge in [-0.3, -0.25) is 0 Å². The predicted octanol–water partition coefficient (Wildman–Crippen LogP) is 0.530. The molecule has 0 atom stereocenters. The lowest BCUT2D eigenvalue weighted by atomic mass is 10.9. The third kappa shape index (κ3) is 3.20. The molecule has 0 aliphatic rings. The molecular weight excluding hydrogens is 148 g/mol. The van der Waals surface area contributed by atoms with E-state index in [2.05, 4.69) is 4.74 Å². The molecule has 0 heterocycles. The molecule has 0 saturated heterocycles. The third-order valence-electron chi connectivity index (χ3n) is 0.405. The molecule has 0 spiro atoms. The van der Waals surface area contributed by atoms with Crippen molar-refractivity contribution in [3.63, 3.8) is 0 Å². The van der Waals surface area contributed by atoms with E-state index in [9.17, 15) is 4.21 Å². The highest BCUT2D eigenvalue weighted by molar-refractivity contribution is 8.16. The third-order valence-corrected chi connectivity index (χ3v) is 1.35. The van der Waals surface area contributed by atoms with Crippen LogP contribution in [0.2, 0.25) is 0 Å². The van der Waals surface area contributed by atoms with Crippen molar-refractivity contribution in [2.24, 2.45) is 0 Å². The van der Waals surface area contributed by atoms with Gasteiger partial charge in [-0.05, 0) is 6.92 Å². The highest BCUT2D eigenvalue weighted by Crippen LogP contribution is 1.94. The van der Waals surface area contributed by atoms with E-state index >= 15 is 0 Å². The number of rotatable bonds is 1. The van der Waals surface area contributed by atoms with Crippen molar-refractivity contribution < 1.29 is 13.5 Å². The Morgan fingerprint density at radius 1 is 1.88 bits per heavy atom. The maximum atomic E-state index is 9.82. The number of hydrogen-bond acceptors (Lipinski definition) is 4. The maximum absolute atomic E-state index is 9.82. The van der Waals surface area contributed by atoms with E-state index in [4.69, 9.17) is 4.55 Å². The van der Waals surface area contributed by atoms with E-state index in [1.54, 1.807) is 6.92 Å². The summed E-state index contributed by atoms with van der Waals surface area (Å²) in [7, 11) is 0. The zero-order chi connectivity index (χ0) is 6.41. The molecular formula is C3H6O3S2. The van der Waals surface area contributed by atoms with Gasteiger partial charge in [0.1, 0.15) is 11.3 Å². The Morgan fingerprint density at radius 2 is 2.50 bits per heavy atom. The van der Waals surface area contributed by atoms with E-state index in [0.717, 1.165) is 0 Å². The largest absolute Gasteiger partial charge is 0.327 e. The second-order valence-electron chi connectivity index (χ2n) is 0.858. The normalized spacial score (nSPS) is 8.75. The molecule has 0 aliphatic heterocycles. The van der Waals surface area contributed by atoms with E-state index < -0.39 is 0 Å². The van der Waals surface area contributed by atoms with Gasteiger partial charge < -0.3 is 9.29 Å². The Bertz CT molecular complexity index is 107. The van der Waals surface area contributed by atoms with Gasteiger partial charge in [-0.15, -0.1) is 0 Å². The first-order valence-corrected chi connectivity index (χ1v) is 3.47. The van der Waals surface area contributed by atoms with Gasteiger partial charge in [-0.2, -0.15) is 0 Å². The van der Waals surface area contributed by atoms with E-state index in [0.29, 0.717) is 18.6 Å². The van der Waals surface area contributed by atoms with Crippen molar-refractivity contribution in [2.45, 2.75) is 6.92 Å². The molecule has 0 rings (SSSR count). The van der Waals surface area contributed by atoms with Crippen molar-refractivity contribution >= 4 is 27.7 Å². The molecule has 0 unspecified atom stereocenters. The van der Waals surface area contributed by atoms with Crippen LogP contribution in [0.25, 0.3) is 0 Å². The Labute approximate surface area is 55.3 Å². The molecule has 5 heteroatoms. The lowest BCUT2D eigenvalue weighted by Gasteiger charge is -1.91. The van der Waals surface area contributed by atoms with Crippen molar-refractivity contribution in [1.29, 1.82) is 0 Å². The molecule has 0 aromatic carbocycles. The van der Waals surface area contributed by atoms with E-state index in [1.165, 1.54) is 0 Å². The first-order valence-electron chi connectivity index (χ1n) is 1.96. The molecule has 0 aliphatic carbocycles. The van der Waals surface area contributed by atoms with Crippen LogP contribution in [0.4, 0.5) is 0 Å². The smallest absolute Gasteiger partial charge is 0.231 e. The monoisotopic (exact) mass is 154 g/mol. The van der Waals surface area contributed by atoms with Crippen LogP contribution >= 0.6 is 12.0 Å². The molecule has 0 bridgehead atoms. The topological polar surface area (TPSA) is 46.5 Å². The van der Waals surface area contributed by atoms with Crippen LogP contribution in [-0.2, 0) is 16.0 Å². The minimum absolute atomic E-state index is 0.0486. The van der Waals surface area contributed by atoms with Gasteiger partial charge in [-0.1, -0.05) is 0 Å². The summed E-state index contributed by atoms with van der Waals surface area (Å²) in [4.78, 5) is 0. The average molecular weight is 154 g/mol. The zero-order valence-corrected chi connectivity index (χ0v) is 5.92. The summed E-state index contributed by atoms with van der Waals surface area (Å²) in [6.45, 7) is 2.16. The fourth-order valence-corrected chi connectivity index (χ4v) is 0.642. The zero-order valence-electron chi connectivity index (χ0n) is 4.29. The molecule has 3 nitrogen and oxygen atoms in total. The van der Waals surface area contributed by atoms with E-state index in [1.807, 2.05) is 0 Å². The Kier molecular flexibility index (Phi) is 5.41. The molecule has 0 saturated carbocycles. The van der Waals surface area contributed by atoms with Gasteiger partial charge in [0, 0.05) is 0 Å². The van der Waals surface area contributed by atoms with Crippen LogP contribution in [0, 0.1) is 0 Å². The van der Waals surface area contributed by atoms with Crippen LogP contribution < -0.4 is 0 Å². The molecule has 0 aromatic heterocycles. The summed E-state index contributed by atoms with van der Waals surface area (Å²) in [5, 5.41) is 0. The Balaban J connectivity index is 3.55. The van der Waals surface area contributed by atoms with Crippen LogP contribution in [0.15, 0.2) is 0 Å². The standard InChI is InChI=1S/C3H6O3S2/c1-2-6-3(7-4)8-5/h4H,2H2,1H3. The van der Waals surface area contributed by atoms with Crippen molar-refractivity contribution in [2.75, 3.05) is 6.61 Å².